The molecule has 1 heterocycles. The van der Waals surface area contributed by atoms with Crippen LogP contribution in [0, 0.1) is 0 Å². The summed E-state index contributed by atoms with van der Waals surface area (Å²) in [4.78, 5) is 8.22. The second-order valence-corrected chi connectivity index (χ2v) is 3.68. The number of ether oxygens (including phenoxy) is 1. The third kappa shape index (κ3) is 2.40. The Balaban J connectivity index is 2.61. The average Bonchev–Trinajstić information content (AvgIpc) is 2.34. The summed E-state index contributed by atoms with van der Waals surface area (Å²) in [5.41, 5.74) is 0.699. The lowest BCUT2D eigenvalue weighted by Gasteiger charge is -2.10. The summed E-state index contributed by atoms with van der Waals surface area (Å²) in [6.45, 7) is 0.402. The van der Waals surface area contributed by atoms with Crippen molar-refractivity contribution in [2.24, 2.45) is 0 Å². The zero-order valence-corrected chi connectivity index (χ0v) is 10.0. The van der Waals surface area contributed by atoms with E-state index in [0.717, 1.165) is 5.39 Å². The largest absolute Gasteiger partial charge is 0.496 e. The van der Waals surface area contributed by atoms with E-state index in [1.54, 1.807) is 7.11 Å². The molecule has 0 aliphatic rings. The third-order valence-electron chi connectivity index (χ3n) is 2.28. The van der Waals surface area contributed by atoms with E-state index in [1.807, 2.05) is 18.2 Å². The minimum Gasteiger partial charge on any atom is -0.496 e. The molecular formula is C11H12ClN3O2. The Bertz CT molecular complexity index is 533. The van der Waals surface area contributed by atoms with E-state index >= 15 is 0 Å². The number of aliphatic hydroxyl groups is 1. The van der Waals surface area contributed by atoms with Crippen molar-refractivity contribution < 1.29 is 9.84 Å². The maximum absolute atomic E-state index is 8.83. The fourth-order valence-electron chi connectivity index (χ4n) is 1.60. The molecule has 1 aromatic carbocycles. The van der Waals surface area contributed by atoms with Gasteiger partial charge in [-0.3, -0.25) is 0 Å². The van der Waals surface area contributed by atoms with Gasteiger partial charge in [0.25, 0.3) is 0 Å². The first-order valence-electron chi connectivity index (χ1n) is 5.11. The van der Waals surface area contributed by atoms with E-state index in [-0.39, 0.29) is 11.9 Å². The van der Waals surface area contributed by atoms with Crippen LogP contribution in [-0.4, -0.2) is 35.3 Å². The monoisotopic (exact) mass is 253 g/mol. The molecule has 0 spiro atoms. The van der Waals surface area contributed by atoms with Crippen molar-refractivity contribution in [3.05, 3.63) is 23.5 Å². The Kier molecular flexibility index (Phi) is 3.61. The minimum atomic E-state index is 0.0122. The zero-order valence-electron chi connectivity index (χ0n) is 9.27. The fourth-order valence-corrected chi connectivity index (χ4v) is 1.77. The van der Waals surface area contributed by atoms with Crippen LogP contribution in [0.3, 0.4) is 0 Å². The molecule has 2 rings (SSSR count). The van der Waals surface area contributed by atoms with Crippen molar-refractivity contribution >= 4 is 28.3 Å². The normalized spacial score (nSPS) is 10.5. The summed E-state index contributed by atoms with van der Waals surface area (Å²) in [6, 6.07) is 5.49. The van der Waals surface area contributed by atoms with Gasteiger partial charge in [0.05, 0.1) is 24.6 Å². The number of anilines is 1. The number of nitrogens with zero attached hydrogens (tertiary/aromatic N) is 2. The number of aromatic nitrogens is 2. The first-order chi connectivity index (χ1) is 8.26. The molecule has 1 aromatic heterocycles. The van der Waals surface area contributed by atoms with Gasteiger partial charge in [0, 0.05) is 6.54 Å². The Labute approximate surface area is 103 Å². The van der Waals surface area contributed by atoms with Gasteiger partial charge in [-0.05, 0) is 23.7 Å². The summed E-state index contributed by atoms with van der Waals surface area (Å²) in [7, 11) is 1.58. The molecular weight excluding hydrogens is 242 g/mol. The molecule has 6 heteroatoms. The summed E-state index contributed by atoms with van der Waals surface area (Å²) < 4.78 is 5.26. The van der Waals surface area contributed by atoms with Gasteiger partial charge < -0.3 is 15.2 Å². The lowest BCUT2D eigenvalue weighted by Crippen LogP contribution is -2.08. The Morgan fingerprint density at radius 1 is 1.41 bits per heavy atom. The Morgan fingerprint density at radius 2 is 2.24 bits per heavy atom. The van der Waals surface area contributed by atoms with Gasteiger partial charge >= 0.3 is 0 Å². The van der Waals surface area contributed by atoms with Crippen LogP contribution in [0.4, 0.5) is 5.82 Å². The molecule has 90 valence electrons. The number of hydrogen-bond donors (Lipinski definition) is 2. The van der Waals surface area contributed by atoms with Crippen LogP contribution >= 0.6 is 11.6 Å². The maximum Gasteiger partial charge on any atom is 0.224 e. The molecule has 2 aromatic rings. The molecule has 0 saturated heterocycles. The van der Waals surface area contributed by atoms with Crippen molar-refractivity contribution in [1.82, 2.24) is 9.97 Å². The van der Waals surface area contributed by atoms with Crippen molar-refractivity contribution in [3.63, 3.8) is 0 Å². The highest BCUT2D eigenvalue weighted by Gasteiger charge is 2.10. The number of benzene rings is 1. The van der Waals surface area contributed by atoms with E-state index in [1.165, 1.54) is 0 Å². The third-order valence-corrected chi connectivity index (χ3v) is 2.45. The number of nitrogens with one attached hydrogen (secondary N) is 1. The fraction of sp³-hybridized carbons (Fsp3) is 0.273. The zero-order chi connectivity index (χ0) is 12.3. The number of rotatable bonds is 4. The van der Waals surface area contributed by atoms with Gasteiger partial charge in [-0.15, -0.1) is 0 Å². The van der Waals surface area contributed by atoms with Crippen LogP contribution in [0.2, 0.25) is 5.28 Å². The van der Waals surface area contributed by atoms with Gasteiger partial charge in [-0.25, -0.2) is 9.97 Å². The number of halogens is 1. The van der Waals surface area contributed by atoms with E-state index in [9.17, 15) is 0 Å². The molecule has 0 aliphatic carbocycles. The SMILES string of the molecule is COc1cccc2nc(Cl)nc(NCCO)c12. The van der Waals surface area contributed by atoms with E-state index in [0.29, 0.717) is 23.6 Å². The van der Waals surface area contributed by atoms with Gasteiger partial charge in [0.1, 0.15) is 11.6 Å². The van der Waals surface area contributed by atoms with Crippen molar-refractivity contribution in [1.29, 1.82) is 0 Å². The number of hydrogen-bond acceptors (Lipinski definition) is 5. The second kappa shape index (κ2) is 5.16. The second-order valence-electron chi connectivity index (χ2n) is 3.35. The molecule has 0 amide bonds. The predicted molar refractivity (Wildman–Crippen MR) is 66.7 cm³/mol. The van der Waals surface area contributed by atoms with Gasteiger partial charge in [-0.1, -0.05) is 6.07 Å². The van der Waals surface area contributed by atoms with E-state index in [4.69, 9.17) is 21.4 Å². The number of aliphatic hydroxyl groups excluding tert-OH is 1. The first-order valence-corrected chi connectivity index (χ1v) is 5.49. The molecule has 0 bridgehead atoms. The van der Waals surface area contributed by atoms with Crippen LogP contribution in [0.25, 0.3) is 10.9 Å². The molecule has 5 nitrogen and oxygen atoms in total. The first kappa shape index (κ1) is 11.9. The van der Waals surface area contributed by atoms with Crippen LogP contribution in [0.1, 0.15) is 0 Å². The van der Waals surface area contributed by atoms with Gasteiger partial charge in [0.15, 0.2) is 0 Å². The standard InChI is InChI=1S/C11H12ClN3O2/c1-17-8-4-2-3-7-9(8)10(13-5-6-16)15-11(12)14-7/h2-4,16H,5-6H2,1H3,(H,13,14,15). The van der Waals surface area contributed by atoms with Crippen LogP contribution in [0.5, 0.6) is 5.75 Å². The lowest BCUT2D eigenvalue weighted by molar-refractivity contribution is 0.311. The van der Waals surface area contributed by atoms with Crippen molar-refractivity contribution in [2.45, 2.75) is 0 Å². The molecule has 0 aliphatic heterocycles. The summed E-state index contributed by atoms with van der Waals surface area (Å²) in [5, 5.41) is 12.7. The van der Waals surface area contributed by atoms with Crippen LogP contribution < -0.4 is 10.1 Å². The lowest BCUT2D eigenvalue weighted by atomic mass is 10.2. The summed E-state index contributed by atoms with van der Waals surface area (Å²) in [5.74, 6) is 1.23. The molecule has 0 radical (unpaired) electrons. The Morgan fingerprint density at radius 3 is 2.94 bits per heavy atom. The van der Waals surface area contributed by atoms with E-state index < -0.39 is 0 Å². The molecule has 0 atom stereocenters. The molecule has 0 unspecified atom stereocenters. The molecule has 2 N–H and O–H groups in total. The van der Waals surface area contributed by atoms with Crippen LogP contribution in [-0.2, 0) is 0 Å². The smallest absolute Gasteiger partial charge is 0.224 e. The summed E-state index contributed by atoms with van der Waals surface area (Å²) in [6.07, 6.45) is 0. The average molecular weight is 254 g/mol. The molecule has 0 saturated carbocycles. The van der Waals surface area contributed by atoms with Crippen molar-refractivity contribution in [3.8, 4) is 5.75 Å². The van der Waals surface area contributed by atoms with E-state index in [2.05, 4.69) is 15.3 Å². The van der Waals surface area contributed by atoms with Crippen LogP contribution in [0.15, 0.2) is 18.2 Å². The number of fused-ring (bicyclic) bond motifs is 1. The molecule has 17 heavy (non-hydrogen) atoms. The Hall–Kier alpha value is -1.59. The number of methoxy groups -OCH3 is 1. The van der Waals surface area contributed by atoms with Gasteiger partial charge in [0.2, 0.25) is 5.28 Å². The van der Waals surface area contributed by atoms with Gasteiger partial charge in [-0.2, -0.15) is 0 Å². The highest BCUT2D eigenvalue weighted by Crippen LogP contribution is 2.30. The van der Waals surface area contributed by atoms with Crippen molar-refractivity contribution in [2.75, 3.05) is 25.6 Å². The highest BCUT2D eigenvalue weighted by molar-refractivity contribution is 6.28. The minimum absolute atomic E-state index is 0.0122. The maximum atomic E-state index is 8.83. The quantitative estimate of drug-likeness (QED) is 0.812. The molecule has 0 fully saturated rings. The topological polar surface area (TPSA) is 67.3 Å². The summed E-state index contributed by atoms with van der Waals surface area (Å²) >= 11 is 5.83. The predicted octanol–water partition coefficient (Wildman–Crippen LogP) is 1.70. The highest BCUT2D eigenvalue weighted by atomic mass is 35.5.